The first kappa shape index (κ1) is 12.8. The lowest BCUT2D eigenvalue weighted by molar-refractivity contribution is -0.00550. The molecule has 0 spiro atoms. The fourth-order valence-corrected chi connectivity index (χ4v) is 2.37. The molecular weight excluding hydrogens is 232 g/mol. The molecule has 1 aromatic heterocycles. The molecule has 18 heavy (non-hydrogen) atoms. The second-order valence-electron chi connectivity index (χ2n) is 4.83. The first-order valence-corrected chi connectivity index (χ1v) is 6.07. The Kier molecular flexibility index (Phi) is 3.52. The number of rotatable bonds is 2. The molecule has 2 atom stereocenters. The molecule has 1 N–H and O–H groups in total. The van der Waals surface area contributed by atoms with E-state index in [-0.39, 0.29) is 17.8 Å². The van der Waals surface area contributed by atoms with Gasteiger partial charge in [0.1, 0.15) is 5.82 Å². The SMILES string of the molecule is Cc1cc(C(=O)O)cnc1N1C[C@@H](C)O[C@@H](C)C1. The summed E-state index contributed by atoms with van der Waals surface area (Å²) < 4.78 is 5.68. The highest BCUT2D eigenvalue weighted by molar-refractivity contribution is 5.87. The Morgan fingerprint density at radius 2 is 2.06 bits per heavy atom. The number of morpholine rings is 1. The minimum Gasteiger partial charge on any atom is -0.478 e. The van der Waals surface area contributed by atoms with Crippen LogP contribution < -0.4 is 4.90 Å². The Balaban J connectivity index is 2.25. The molecule has 98 valence electrons. The number of aromatic nitrogens is 1. The molecule has 2 heterocycles. The lowest BCUT2D eigenvalue weighted by Gasteiger charge is -2.36. The van der Waals surface area contributed by atoms with Crippen molar-refractivity contribution >= 4 is 11.8 Å². The van der Waals surface area contributed by atoms with Gasteiger partial charge in [-0.25, -0.2) is 9.78 Å². The summed E-state index contributed by atoms with van der Waals surface area (Å²) >= 11 is 0. The second-order valence-corrected chi connectivity index (χ2v) is 4.83. The summed E-state index contributed by atoms with van der Waals surface area (Å²) in [6, 6.07) is 1.66. The van der Waals surface area contributed by atoms with Gasteiger partial charge in [-0.2, -0.15) is 0 Å². The first-order chi connectivity index (χ1) is 8.47. The van der Waals surface area contributed by atoms with Crippen molar-refractivity contribution in [3.63, 3.8) is 0 Å². The fraction of sp³-hybridized carbons (Fsp3) is 0.538. The Labute approximate surface area is 106 Å². The highest BCUT2D eigenvalue weighted by Gasteiger charge is 2.24. The van der Waals surface area contributed by atoms with Gasteiger partial charge >= 0.3 is 5.97 Å². The third-order valence-electron chi connectivity index (χ3n) is 3.02. The van der Waals surface area contributed by atoms with Gasteiger partial charge in [0.25, 0.3) is 0 Å². The number of pyridine rings is 1. The highest BCUT2D eigenvalue weighted by Crippen LogP contribution is 2.22. The van der Waals surface area contributed by atoms with E-state index in [9.17, 15) is 4.79 Å². The number of aryl methyl sites for hydroxylation is 1. The number of aromatic carboxylic acids is 1. The van der Waals surface area contributed by atoms with Crippen molar-refractivity contribution in [3.05, 3.63) is 23.4 Å². The normalized spacial score (nSPS) is 24.1. The highest BCUT2D eigenvalue weighted by atomic mass is 16.5. The van der Waals surface area contributed by atoms with Crippen molar-refractivity contribution in [2.24, 2.45) is 0 Å². The molecule has 0 radical (unpaired) electrons. The zero-order valence-corrected chi connectivity index (χ0v) is 10.9. The van der Waals surface area contributed by atoms with Crippen molar-refractivity contribution in [2.45, 2.75) is 33.0 Å². The van der Waals surface area contributed by atoms with Crippen LogP contribution in [0.2, 0.25) is 0 Å². The Morgan fingerprint density at radius 3 is 2.56 bits per heavy atom. The standard InChI is InChI=1S/C13H18N2O3/c1-8-4-11(13(16)17)5-14-12(8)15-6-9(2)18-10(3)7-15/h4-5,9-10H,6-7H2,1-3H3,(H,16,17)/t9-,10+. The molecule has 1 fully saturated rings. The molecule has 0 amide bonds. The number of anilines is 1. The molecule has 1 aliphatic rings. The van der Waals surface area contributed by atoms with Crippen molar-refractivity contribution in [2.75, 3.05) is 18.0 Å². The zero-order valence-electron chi connectivity index (χ0n) is 10.9. The van der Waals surface area contributed by atoms with Gasteiger partial charge in [-0.3, -0.25) is 0 Å². The van der Waals surface area contributed by atoms with Crippen LogP contribution >= 0.6 is 0 Å². The van der Waals surface area contributed by atoms with E-state index in [2.05, 4.69) is 9.88 Å². The smallest absolute Gasteiger partial charge is 0.337 e. The predicted octanol–water partition coefficient (Wildman–Crippen LogP) is 1.70. The lowest BCUT2D eigenvalue weighted by atomic mass is 10.1. The van der Waals surface area contributed by atoms with E-state index in [4.69, 9.17) is 9.84 Å². The van der Waals surface area contributed by atoms with Gasteiger partial charge in [-0.15, -0.1) is 0 Å². The second kappa shape index (κ2) is 4.94. The number of hydrogen-bond acceptors (Lipinski definition) is 4. The van der Waals surface area contributed by atoms with Crippen LogP contribution in [-0.4, -0.2) is 41.4 Å². The maximum Gasteiger partial charge on any atom is 0.337 e. The maximum atomic E-state index is 10.9. The van der Waals surface area contributed by atoms with Gasteiger partial charge in [0.2, 0.25) is 0 Å². The van der Waals surface area contributed by atoms with Crippen LogP contribution in [0.3, 0.4) is 0 Å². The predicted molar refractivity (Wildman–Crippen MR) is 68.2 cm³/mol. The number of carbonyl (C=O) groups is 1. The number of ether oxygens (including phenoxy) is 1. The molecular formula is C13H18N2O3. The van der Waals surface area contributed by atoms with Crippen LogP contribution in [0.15, 0.2) is 12.3 Å². The molecule has 1 aromatic rings. The van der Waals surface area contributed by atoms with Gasteiger partial charge in [0.15, 0.2) is 0 Å². The summed E-state index contributed by atoms with van der Waals surface area (Å²) in [7, 11) is 0. The molecule has 0 unspecified atom stereocenters. The van der Waals surface area contributed by atoms with E-state index in [1.54, 1.807) is 6.07 Å². The van der Waals surface area contributed by atoms with E-state index in [1.165, 1.54) is 6.20 Å². The van der Waals surface area contributed by atoms with Crippen LogP contribution in [0.4, 0.5) is 5.82 Å². The van der Waals surface area contributed by atoms with E-state index in [0.29, 0.717) is 0 Å². The van der Waals surface area contributed by atoms with Gasteiger partial charge in [0, 0.05) is 19.3 Å². The van der Waals surface area contributed by atoms with Gasteiger partial charge in [-0.05, 0) is 32.4 Å². The number of carboxylic acids is 1. The fourth-order valence-electron chi connectivity index (χ4n) is 2.37. The van der Waals surface area contributed by atoms with Crippen LogP contribution in [0, 0.1) is 6.92 Å². The summed E-state index contributed by atoms with van der Waals surface area (Å²) in [4.78, 5) is 17.3. The first-order valence-electron chi connectivity index (χ1n) is 6.07. The molecule has 0 aromatic carbocycles. The molecule has 2 rings (SSSR count). The topological polar surface area (TPSA) is 62.7 Å². The van der Waals surface area contributed by atoms with E-state index in [0.717, 1.165) is 24.5 Å². The van der Waals surface area contributed by atoms with Crippen molar-refractivity contribution in [3.8, 4) is 0 Å². The summed E-state index contributed by atoms with van der Waals surface area (Å²) in [6.45, 7) is 7.52. The molecule has 0 saturated carbocycles. The molecule has 5 heteroatoms. The summed E-state index contributed by atoms with van der Waals surface area (Å²) in [5.74, 6) is -0.0946. The van der Waals surface area contributed by atoms with Gasteiger partial charge in [-0.1, -0.05) is 0 Å². The Hall–Kier alpha value is -1.62. The molecule has 5 nitrogen and oxygen atoms in total. The Morgan fingerprint density at radius 1 is 1.44 bits per heavy atom. The van der Waals surface area contributed by atoms with Crippen LogP contribution in [0.1, 0.15) is 29.8 Å². The average molecular weight is 250 g/mol. The Bertz CT molecular complexity index is 452. The summed E-state index contributed by atoms with van der Waals surface area (Å²) in [6.07, 6.45) is 1.73. The lowest BCUT2D eigenvalue weighted by Crippen LogP contribution is -2.46. The van der Waals surface area contributed by atoms with E-state index < -0.39 is 5.97 Å². The monoisotopic (exact) mass is 250 g/mol. The molecule has 1 saturated heterocycles. The summed E-state index contributed by atoms with van der Waals surface area (Å²) in [5, 5.41) is 8.92. The third-order valence-corrected chi connectivity index (χ3v) is 3.02. The summed E-state index contributed by atoms with van der Waals surface area (Å²) in [5.41, 5.74) is 1.11. The number of hydrogen-bond donors (Lipinski definition) is 1. The molecule has 0 bridgehead atoms. The quantitative estimate of drug-likeness (QED) is 0.865. The van der Waals surface area contributed by atoms with Crippen molar-refractivity contribution in [1.82, 2.24) is 4.98 Å². The van der Waals surface area contributed by atoms with Gasteiger partial charge < -0.3 is 14.7 Å². The van der Waals surface area contributed by atoms with Crippen molar-refractivity contribution < 1.29 is 14.6 Å². The zero-order chi connectivity index (χ0) is 13.3. The third kappa shape index (κ3) is 2.61. The van der Waals surface area contributed by atoms with E-state index in [1.807, 2.05) is 20.8 Å². The molecule has 1 aliphatic heterocycles. The van der Waals surface area contributed by atoms with Crippen LogP contribution in [-0.2, 0) is 4.74 Å². The van der Waals surface area contributed by atoms with E-state index >= 15 is 0 Å². The maximum absolute atomic E-state index is 10.9. The largest absolute Gasteiger partial charge is 0.478 e. The van der Waals surface area contributed by atoms with Gasteiger partial charge in [0.05, 0.1) is 17.8 Å². The minimum atomic E-state index is -0.944. The van der Waals surface area contributed by atoms with Crippen LogP contribution in [0.25, 0.3) is 0 Å². The minimum absolute atomic E-state index is 0.161. The van der Waals surface area contributed by atoms with Crippen molar-refractivity contribution in [1.29, 1.82) is 0 Å². The number of carboxylic acid groups (broad SMARTS) is 1. The average Bonchev–Trinajstić information content (AvgIpc) is 2.27. The van der Waals surface area contributed by atoms with Crippen LogP contribution in [0.5, 0.6) is 0 Å². The molecule has 0 aliphatic carbocycles. The number of nitrogens with zero attached hydrogens (tertiary/aromatic N) is 2.